The lowest BCUT2D eigenvalue weighted by molar-refractivity contribution is 5.85. The Hall–Kier alpha value is 2.90. The highest BCUT2D eigenvalue weighted by Crippen LogP contribution is 0.699. The molecule has 0 saturated heterocycles. The first kappa shape index (κ1) is 217. The summed E-state index contributed by atoms with van der Waals surface area (Å²) < 4.78 is 0. The molecule has 10 heteroatoms. The molecule has 0 radical (unpaired) electrons. The highest BCUT2D eigenvalue weighted by molar-refractivity contribution is 5.86. The summed E-state index contributed by atoms with van der Waals surface area (Å²) >= 11 is 0. The fraction of sp³-hybridized carbons (Fsp3) is 0. The summed E-state index contributed by atoms with van der Waals surface area (Å²) in [6.07, 6.45) is 0. The van der Waals surface area contributed by atoms with E-state index in [1.54, 1.807) is 0 Å². The zero-order valence-corrected chi connectivity index (χ0v) is 12.2. The molecule has 0 spiro atoms. The van der Waals surface area contributed by atoms with E-state index in [2.05, 4.69) is 0 Å². The predicted molar refractivity (Wildman–Crippen MR) is 72.5 cm³/mol. The van der Waals surface area contributed by atoms with Crippen LogP contribution in [0.3, 0.4) is 0 Å². The number of hydrogen-bond donors (Lipinski definition) is 0. The van der Waals surface area contributed by atoms with E-state index in [9.17, 15) is 0 Å². The Kier molecular flexibility index (Phi) is 3650. The fourth-order valence-electron chi connectivity index (χ4n) is 0. The summed E-state index contributed by atoms with van der Waals surface area (Å²) in [6, 6.07) is 0. The molecule has 0 rings (SSSR count). The molecule has 0 amide bonds. The number of hydrogen-bond acceptors (Lipinski definition) is 0. The molecule has 0 aromatic heterocycles. The van der Waals surface area contributed by atoms with Gasteiger partial charge in [-0.1, -0.05) is 0 Å². The SMILES string of the molecule is Cl.Cl.Cl.Cl.Cl.Cl.Cl.Cl.Cl.Cl. The third-order valence-corrected chi connectivity index (χ3v) is 0. The van der Waals surface area contributed by atoms with E-state index in [0.717, 1.165) is 0 Å². The molecule has 0 aliphatic heterocycles. The first-order chi connectivity index (χ1) is 0. The molecule has 0 N–H and O–H groups in total. The molecule has 0 heterocycles. The van der Waals surface area contributed by atoms with Crippen LogP contribution in [0, 0.1) is 0 Å². The van der Waals surface area contributed by atoms with Crippen LogP contribution in [0.1, 0.15) is 0 Å². The average Bonchev–Trinajstić information content (AvgIpc) is 0. The van der Waals surface area contributed by atoms with Crippen molar-refractivity contribution in [2.75, 3.05) is 0 Å². The predicted octanol–water partition coefficient (Wildman–Crippen LogP) is 4.22. The molecule has 0 bridgehead atoms. The van der Waals surface area contributed by atoms with E-state index < -0.39 is 0 Å². The minimum Gasteiger partial charge on any atom is -0.147 e. The maximum Gasteiger partial charge on any atom is -0.147 e. The van der Waals surface area contributed by atoms with Crippen molar-refractivity contribution >= 4 is 124 Å². The minimum absolute atomic E-state index is 0. The van der Waals surface area contributed by atoms with Crippen LogP contribution in [0.25, 0.3) is 0 Å². The molecule has 0 aromatic rings. The molecular weight excluding hydrogens is 355 g/mol. The van der Waals surface area contributed by atoms with Gasteiger partial charge < -0.3 is 0 Å². The topological polar surface area (TPSA) is 0 Å². The molecule has 0 saturated carbocycles. The molecule has 0 fully saturated rings. The van der Waals surface area contributed by atoms with Gasteiger partial charge in [-0.3, -0.25) is 0 Å². The Morgan fingerprint density at radius 3 is 0.100 bits per heavy atom. The molecule has 0 nitrogen and oxygen atoms in total. The normalized spacial score (nSPS) is 0. The molecule has 10 heavy (non-hydrogen) atoms. The van der Waals surface area contributed by atoms with Crippen LogP contribution < -0.4 is 0 Å². The van der Waals surface area contributed by atoms with Crippen LogP contribution >= 0.6 is 124 Å². The zero-order valence-electron chi connectivity index (χ0n) is 4.08. The first-order valence-electron chi connectivity index (χ1n) is 0. The van der Waals surface area contributed by atoms with Gasteiger partial charge in [-0.2, -0.15) is 0 Å². The average molecular weight is 365 g/mol. The van der Waals surface area contributed by atoms with Crippen molar-refractivity contribution in [2.24, 2.45) is 0 Å². The van der Waals surface area contributed by atoms with E-state index in [1.807, 2.05) is 0 Å². The maximum atomic E-state index is 0. The van der Waals surface area contributed by atoms with Gasteiger partial charge in [0.1, 0.15) is 0 Å². The largest absolute Gasteiger partial charge is 0.147 e. The Balaban J connectivity index is 0. The summed E-state index contributed by atoms with van der Waals surface area (Å²) in [5.74, 6) is 0. The van der Waals surface area contributed by atoms with Crippen molar-refractivity contribution < 1.29 is 0 Å². The summed E-state index contributed by atoms with van der Waals surface area (Å²) in [5, 5.41) is 0. The van der Waals surface area contributed by atoms with Gasteiger partial charge in [0.2, 0.25) is 0 Å². The van der Waals surface area contributed by atoms with E-state index in [0.29, 0.717) is 0 Å². The van der Waals surface area contributed by atoms with Crippen LogP contribution in [0.5, 0.6) is 0 Å². The quantitative estimate of drug-likeness (QED) is 0.604. The molecule has 0 aliphatic rings. The molecule has 80 valence electrons. The molecule has 0 unspecified atom stereocenters. The van der Waals surface area contributed by atoms with Crippen LogP contribution in [-0.4, -0.2) is 0 Å². The summed E-state index contributed by atoms with van der Waals surface area (Å²) in [5.41, 5.74) is 0. The fourth-order valence-corrected chi connectivity index (χ4v) is 0. The Bertz CT molecular complexity index is 0. The van der Waals surface area contributed by atoms with Crippen molar-refractivity contribution in [3.8, 4) is 0 Å². The van der Waals surface area contributed by atoms with Gasteiger partial charge in [0, 0.05) is 0 Å². The highest BCUT2D eigenvalue weighted by atomic mass is 35.5. The van der Waals surface area contributed by atoms with Crippen molar-refractivity contribution in [2.45, 2.75) is 0 Å². The zero-order chi connectivity index (χ0) is 0. The van der Waals surface area contributed by atoms with Crippen molar-refractivity contribution in [3.63, 3.8) is 0 Å². The van der Waals surface area contributed by atoms with Gasteiger partial charge in [0.05, 0.1) is 0 Å². The Labute approximate surface area is 123 Å². The second-order valence-electron chi connectivity index (χ2n) is 0. The van der Waals surface area contributed by atoms with E-state index in [-0.39, 0.29) is 124 Å². The molecular formula is H10Cl10. The van der Waals surface area contributed by atoms with Crippen molar-refractivity contribution in [1.82, 2.24) is 0 Å². The van der Waals surface area contributed by atoms with Crippen LogP contribution in [0.15, 0.2) is 0 Å². The number of rotatable bonds is 0. The van der Waals surface area contributed by atoms with Gasteiger partial charge in [-0.25, -0.2) is 0 Å². The van der Waals surface area contributed by atoms with Gasteiger partial charge in [0.15, 0.2) is 0 Å². The first-order valence-corrected chi connectivity index (χ1v) is 0. The van der Waals surface area contributed by atoms with E-state index >= 15 is 0 Å². The summed E-state index contributed by atoms with van der Waals surface area (Å²) in [7, 11) is 0. The Morgan fingerprint density at radius 2 is 0.100 bits per heavy atom. The van der Waals surface area contributed by atoms with E-state index in [4.69, 9.17) is 0 Å². The number of halogens is 10. The summed E-state index contributed by atoms with van der Waals surface area (Å²) in [6.45, 7) is 0. The Morgan fingerprint density at radius 1 is 0.100 bits per heavy atom. The standard InChI is InChI=1S/10ClH/h10*1H. The maximum absolute atomic E-state index is 0. The summed E-state index contributed by atoms with van der Waals surface area (Å²) in [4.78, 5) is 0. The molecule has 0 aliphatic carbocycles. The van der Waals surface area contributed by atoms with Crippen LogP contribution in [0.2, 0.25) is 0 Å². The lowest BCUT2D eigenvalue weighted by Crippen LogP contribution is 0.688. The second kappa shape index (κ2) is 168. The van der Waals surface area contributed by atoms with Crippen LogP contribution in [0.4, 0.5) is 0 Å². The van der Waals surface area contributed by atoms with Crippen molar-refractivity contribution in [3.05, 3.63) is 0 Å². The monoisotopic (exact) mass is 360 g/mol. The van der Waals surface area contributed by atoms with Gasteiger partial charge in [0.25, 0.3) is 0 Å². The smallest absolute Gasteiger partial charge is 0.147 e. The lowest BCUT2D eigenvalue weighted by Gasteiger charge is -0.148. The second-order valence-corrected chi connectivity index (χ2v) is 0. The van der Waals surface area contributed by atoms with Crippen molar-refractivity contribution in [1.29, 1.82) is 0 Å². The van der Waals surface area contributed by atoms with E-state index in [1.165, 1.54) is 0 Å². The third-order valence-electron chi connectivity index (χ3n) is 0. The van der Waals surface area contributed by atoms with Gasteiger partial charge >= 0.3 is 0 Å². The minimum atomic E-state index is 0. The molecule has 0 atom stereocenters. The van der Waals surface area contributed by atoms with Gasteiger partial charge in [-0.15, -0.1) is 124 Å². The third kappa shape index (κ3) is 127. The van der Waals surface area contributed by atoms with Crippen LogP contribution in [-0.2, 0) is 0 Å². The molecule has 0 aromatic carbocycles. The highest BCUT2D eigenvalue weighted by Gasteiger charge is -0.138. The lowest BCUT2D eigenvalue weighted by atomic mass is 35.5. The van der Waals surface area contributed by atoms with Gasteiger partial charge in [-0.05, 0) is 0 Å².